The molecule has 0 spiro atoms. The molecule has 0 unspecified atom stereocenters. The van der Waals surface area contributed by atoms with E-state index in [-0.39, 0.29) is 17.3 Å². The fourth-order valence-corrected chi connectivity index (χ4v) is 2.58. The Kier molecular flexibility index (Phi) is 6.22. The van der Waals surface area contributed by atoms with E-state index in [0.29, 0.717) is 29.3 Å². The largest absolute Gasteiger partial charge is 0.493 e. The van der Waals surface area contributed by atoms with Gasteiger partial charge in [0.25, 0.3) is 5.91 Å². The Bertz CT molecular complexity index is 1060. The monoisotopic (exact) mass is 415 g/mol. The first-order valence-corrected chi connectivity index (χ1v) is 8.67. The van der Waals surface area contributed by atoms with Crippen LogP contribution in [0, 0.1) is 0 Å². The van der Waals surface area contributed by atoms with E-state index in [2.05, 4.69) is 35.8 Å². The van der Waals surface area contributed by atoms with E-state index in [4.69, 9.17) is 15.2 Å². The van der Waals surface area contributed by atoms with Gasteiger partial charge in [0, 0.05) is 6.54 Å². The average Bonchev–Trinajstić information content (AvgIpc) is 3.33. The van der Waals surface area contributed by atoms with Crippen molar-refractivity contribution in [3.8, 4) is 17.3 Å². The molecule has 3 N–H and O–H groups in total. The van der Waals surface area contributed by atoms with Crippen LogP contribution in [0.5, 0.6) is 11.5 Å². The van der Waals surface area contributed by atoms with Crippen molar-refractivity contribution < 1.29 is 18.9 Å². The molecule has 0 aliphatic heterocycles. The Hall–Kier alpha value is -4.00. The van der Waals surface area contributed by atoms with E-state index in [1.54, 1.807) is 25.3 Å². The molecule has 0 bridgehead atoms. The van der Waals surface area contributed by atoms with Crippen molar-refractivity contribution in [3.05, 3.63) is 35.2 Å². The predicted molar refractivity (Wildman–Crippen MR) is 106 cm³/mol. The van der Waals surface area contributed by atoms with E-state index < -0.39 is 5.91 Å². The molecule has 158 valence electrons. The van der Waals surface area contributed by atoms with Crippen LogP contribution in [0.2, 0.25) is 0 Å². The van der Waals surface area contributed by atoms with E-state index in [9.17, 15) is 4.79 Å². The molecule has 0 fully saturated rings. The van der Waals surface area contributed by atoms with Crippen molar-refractivity contribution in [1.29, 1.82) is 0 Å². The second-order valence-corrected chi connectivity index (χ2v) is 6.32. The van der Waals surface area contributed by atoms with Crippen LogP contribution >= 0.6 is 0 Å². The minimum absolute atomic E-state index is 0.0262. The first-order valence-electron chi connectivity index (χ1n) is 8.67. The summed E-state index contributed by atoms with van der Waals surface area (Å²) in [4.78, 5) is 14.5. The lowest BCUT2D eigenvalue weighted by Gasteiger charge is -2.11. The Morgan fingerprint density at radius 3 is 2.70 bits per heavy atom. The number of nitrogens with one attached hydrogen (secondary N) is 1. The van der Waals surface area contributed by atoms with Gasteiger partial charge in [-0.05, 0) is 48.2 Å². The summed E-state index contributed by atoms with van der Waals surface area (Å²) in [6, 6.07) is 5.23. The summed E-state index contributed by atoms with van der Waals surface area (Å²) in [5.41, 5.74) is 9.38. The van der Waals surface area contributed by atoms with E-state index in [1.165, 1.54) is 18.0 Å². The number of amides is 1. The van der Waals surface area contributed by atoms with Crippen LogP contribution in [0.3, 0.4) is 0 Å². The van der Waals surface area contributed by atoms with Gasteiger partial charge in [0.15, 0.2) is 17.2 Å². The number of methoxy groups -OCH3 is 2. The van der Waals surface area contributed by atoms with Gasteiger partial charge in [0.05, 0.1) is 26.1 Å². The van der Waals surface area contributed by atoms with Crippen LogP contribution in [-0.2, 0) is 6.54 Å². The second-order valence-electron chi connectivity index (χ2n) is 6.32. The SMILES string of the molecule is COc1ccc(/C=N/NC(=O)c2nnn(-c3nonc3N)c2CN(C)C)cc1OC. The number of carbonyl (C=O) groups excluding carboxylic acids is 1. The maximum Gasteiger partial charge on any atom is 0.293 e. The fourth-order valence-electron chi connectivity index (χ4n) is 2.58. The Morgan fingerprint density at radius 2 is 2.07 bits per heavy atom. The number of aromatic nitrogens is 5. The summed E-state index contributed by atoms with van der Waals surface area (Å²) in [5, 5.41) is 19.1. The number of hydrogen-bond acceptors (Lipinski definition) is 11. The molecule has 3 rings (SSSR count). The topological polar surface area (TPSA) is 159 Å². The number of carbonyl (C=O) groups is 1. The first-order chi connectivity index (χ1) is 14.4. The van der Waals surface area contributed by atoms with Gasteiger partial charge in [0.1, 0.15) is 0 Å². The van der Waals surface area contributed by atoms with E-state index in [1.807, 2.05) is 19.0 Å². The number of anilines is 1. The van der Waals surface area contributed by atoms with Crippen molar-refractivity contribution in [2.75, 3.05) is 34.0 Å². The van der Waals surface area contributed by atoms with Gasteiger partial charge in [-0.1, -0.05) is 5.21 Å². The maximum absolute atomic E-state index is 12.6. The van der Waals surface area contributed by atoms with Crippen molar-refractivity contribution in [2.45, 2.75) is 6.54 Å². The number of hydrogen-bond donors (Lipinski definition) is 2. The number of ether oxygens (including phenoxy) is 2. The van der Waals surface area contributed by atoms with Crippen LogP contribution in [0.1, 0.15) is 21.7 Å². The molecule has 0 saturated heterocycles. The van der Waals surface area contributed by atoms with Gasteiger partial charge < -0.3 is 20.1 Å². The highest BCUT2D eigenvalue weighted by Crippen LogP contribution is 2.26. The molecule has 0 saturated carbocycles. The molecule has 30 heavy (non-hydrogen) atoms. The number of rotatable bonds is 8. The number of nitrogens with two attached hydrogens (primary N) is 1. The minimum atomic E-state index is -0.551. The smallest absolute Gasteiger partial charge is 0.293 e. The van der Waals surface area contributed by atoms with Gasteiger partial charge in [-0.2, -0.15) is 9.78 Å². The van der Waals surface area contributed by atoms with Crippen LogP contribution in [0.15, 0.2) is 27.9 Å². The molecule has 2 aromatic heterocycles. The molecule has 3 aromatic rings. The van der Waals surface area contributed by atoms with Crippen molar-refractivity contribution >= 4 is 17.9 Å². The zero-order valence-corrected chi connectivity index (χ0v) is 16.9. The lowest BCUT2D eigenvalue weighted by Crippen LogP contribution is -2.23. The number of hydrazone groups is 1. The van der Waals surface area contributed by atoms with Crippen LogP contribution < -0.4 is 20.6 Å². The fraction of sp³-hybridized carbons (Fsp3) is 0.294. The molecule has 13 nitrogen and oxygen atoms in total. The van der Waals surface area contributed by atoms with Crippen LogP contribution in [-0.4, -0.2) is 70.6 Å². The first kappa shape index (κ1) is 20.7. The lowest BCUT2D eigenvalue weighted by molar-refractivity contribution is 0.0948. The number of benzene rings is 1. The van der Waals surface area contributed by atoms with Crippen LogP contribution in [0.4, 0.5) is 5.82 Å². The average molecular weight is 415 g/mol. The summed E-state index contributed by atoms with van der Waals surface area (Å²) in [7, 11) is 6.75. The molecule has 1 amide bonds. The zero-order valence-electron chi connectivity index (χ0n) is 16.9. The summed E-state index contributed by atoms with van der Waals surface area (Å²) < 4.78 is 16.4. The molecule has 1 aromatic carbocycles. The summed E-state index contributed by atoms with van der Waals surface area (Å²) >= 11 is 0. The van der Waals surface area contributed by atoms with Crippen molar-refractivity contribution in [3.63, 3.8) is 0 Å². The molecule has 0 aliphatic rings. The van der Waals surface area contributed by atoms with Gasteiger partial charge in [-0.3, -0.25) is 4.79 Å². The highest BCUT2D eigenvalue weighted by molar-refractivity contribution is 5.94. The minimum Gasteiger partial charge on any atom is -0.493 e. The number of nitrogen functional groups attached to an aromatic ring is 1. The molecular formula is C17H21N9O4. The molecular weight excluding hydrogens is 394 g/mol. The van der Waals surface area contributed by atoms with Gasteiger partial charge in [-0.15, -0.1) is 5.10 Å². The summed E-state index contributed by atoms with van der Waals surface area (Å²) in [5.74, 6) is 0.753. The van der Waals surface area contributed by atoms with Gasteiger partial charge in [0.2, 0.25) is 11.6 Å². The third-order valence-electron chi connectivity index (χ3n) is 3.93. The van der Waals surface area contributed by atoms with Crippen LogP contribution in [0.25, 0.3) is 5.82 Å². The lowest BCUT2D eigenvalue weighted by atomic mass is 10.2. The van der Waals surface area contributed by atoms with Crippen molar-refractivity contribution in [2.24, 2.45) is 5.10 Å². The Balaban J connectivity index is 1.81. The molecule has 0 aliphatic carbocycles. The molecule has 0 atom stereocenters. The normalized spacial score (nSPS) is 11.2. The zero-order chi connectivity index (χ0) is 21.7. The summed E-state index contributed by atoms with van der Waals surface area (Å²) in [6.07, 6.45) is 1.47. The Morgan fingerprint density at radius 1 is 1.30 bits per heavy atom. The number of nitrogens with zero attached hydrogens (tertiary/aromatic N) is 7. The predicted octanol–water partition coefficient (Wildman–Crippen LogP) is 0.0752. The molecule has 0 radical (unpaired) electrons. The second kappa shape index (κ2) is 9.00. The van der Waals surface area contributed by atoms with Crippen molar-refractivity contribution in [1.82, 2.24) is 35.6 Å². The highest BCUT2D eigenvalue weighted by atomic mass is 16.6. The summed E-state index contributed by atoms with van der Waals surface area (Å²) in [6.45, 7) is 0.335. The Labute approximate surface area is 171 Å². The maximum atomic E-state index is 12.6. The molecule has 2 heterocycles. The van der Waals surface area contributed by atoms with Gasteiger partial charge in [-0.25, -0.2) is 10.1 Å². The van der Waals surface area contributed by atoms with Gasteiger partial charge >= 0.3 is 0 Å². The van der Waals surface area contributed by atoms with E-state index >= 15 is 0 Å². The highest BCUT2D eigenvalue weighted by Gasteiger charge is 2.24. The standard InChI is InChI=1S/C17H21N9O4/c1-25(2)9-11-14(20-24-26(11)16-15(18)22-30-23-16)17(27)21-19-8-10-5-6-12(28-3)13(7-10)29-4/h5-8H,9H2,1-4H3,(H2,18,22)(H,21,27)/b19-8+. The molecule has 13 heteroatoms. The quantitative estimate of drug-likeness (QED) is 0.381. The third-order valence-corrected chi connectivity index (χ3v) is 3.93. The van der Waals surface area contributed by atoms with E-state index in [0.717, 1.165) is 0 Å². The third kappa shape index (κ3) is 4.35.